The number of aryl methyl sites for hydroxylation is 2. The second-order valence-corrected chi connectivity index (χ2v) is 5.12. The minimum atomic E-state index is -3.05. The Balaban J connectivity index is 2.28. The quantitative estimate of drug-likeness (QED) is 0.790. The Kier molecular flexibility index (Phi) is 5.74. The molecular weight excluding hydrogens is 276 g/mol. The predicted octanol–water partition coefficient (Wildman–Crippen LogP) is 1.23. The number of alkyl halides is 2. The molecule has 8 heteroatoms. The van der Waals surface area contributed by atoms with Crippen molar-refractivity contribution in [3.8, 4) is 0 Å². The van der Waals surface area contributed by atoms with Gasteiger partial charge in [0.1, 0.15) is 5.76 Å². The Bertz CT molecular complexity index is 418. The highest BCUT2D eigenvalue weighted by Crippen LogP contribution is 2.19. The lowest BCUT2D eigenvalue weighted by Crippen LogP contribution is -2.42. The monoisotopic (exact) mass is 293 g/mol. The molecule has 0 atom stereocenters. The molecule has 0 aliphatic rings. The molecule has 5 nitrogen and oxygen atoms in total. The summed E-state index contributed by atoms with van der Waals surface area (Å²) in [5.41, 5.74) is 6.58. The summed E-state index contributed by atoms with van der Waals surface area (Å²) in [5.74, 6) is -2.13. The van der Waals surface area contributed by atoms with Gasteiger partial charge in [-0.05, 0) is 13.8 Å². The van der Waals surface area contributed by atoms with Crippen LogP contribution in [0.5, 0.6) is 0 Å². The highest BCUT2D eigenvalue weighted by Gasteiger charge is 2.27. The van der Waals surface area contributed by atoms with Gasteiger partial charge >= 0.3 is 0 Å². The van der Waals surface area contributed by atoms with Gasteiger partial charge in [-0.3, -0.25) is 4.79 Å². The molecular formula is C11H17F2N3O2S. The molecule has 0 saturated heterocycles. The standard InChI is InChI=1S/C11H17F2N3O2S/c1-7-9(8(2)18-16-7)3-19-4-10(17)15-6-11(12,13)5-14/h3-6,14H2,1-2H3,(H,15,17). The smallest absolute Gasteiger partial charge is 0.277 e. The molecule has 108 valence electrons. The van der Waals surface area contributed by atoms with E-state index in [1.54, 1.807) is 6.92 Å². The number of hydrogen-bond donors (Lipinski definition) is 2. The van der Waals surface area contributed by atoms with E-state index in [1.807, 2.05) is 6.92 Å². The Labute approximate surface area is 114 Å². The van der Waals surface area contributed by atoms with E-state index in [1.165, 1.54) is 11.8 Å². The molecule has 0 radical (unpaired) electrons. The van der Waals surface area contributed by atoms with Crippen molar-refractivity contribution >= 4 is 17.7 Å². The molecule has 1 heterocycles. The Morgan fingerprint density at radius 1 is 1.53 bits per heavy atom. The Morgan fingerprint density at radius 2 is 2.21 bits per heavy atom. The van der Waals surface area contributed by atoms with Crippen LogP contribution in [0.15, 0.2) is 4.52 Å². The van der Waals surface area contributed by atoms with Crippen LogP contribution >= 0.6 is 11.8 Å². The minimum absolute atomic E-state index is 0.102. The topological polar surface area (TPSA) is 81.2 Å². The van der Waals surface area contributed by atoms with Crippen molar-refractivity contribution in [2.24, 2.45) is 5.73 Å². The van der Waals surface area contributed by atoms with E-state index < -0.39 is 24.9 Å². The first-order valence-corrected chi connectivity index (χ1v) is 6.85. The molecule has 1 aromatic heterocycles. The summed E-state index contributed by atoms with van der Waals surface area (Å²) in [6, 6.07) is 0. The van der Waals surface area contributed by atoms with Gasteiger partial charge in [0.05, 0.1) is 24.5 Å². The first kappa shape index (κ1) is 15.9. The van der Waals surface area contributed by atoms with Gasteiger partial charge in [-0.15, -0.1) is 11.8 Å². The molecule has 1 amide bonds. The van der Waals surface area contributed by atoms with Gasteiger partial charge < -0.3 is 15.6 Å². The van der Waals surface area contributed by atoms with E-state index in [4.69, 9.17) is 10.3 Å². The number of nitrogens with two attached hydrogens (primary N) is 1. The van der Waals surface area contributed by atoms with Crippen molar-refractivity contribution in [1.29, 1.82) is 0 Å². The number of carbonyl (C=O) groups is 1. The van der Waals surface area contributed by atoms with Crippen molar-refractivity contribution in [3.63, 3.8) is 0 Å². The van der Waals surface area contributed by atoms with Gasteiger partial charge in [0.2, 0.25) is 5.91 Å². The summed E-state index contributed by atoms with van der Waals surface area (Å²) in [7, 11) is 0. The summed E-state index contributed by atoms with van der Waals surface area (Å²) in [5, 5.41) is 5.95. The van der Waals surface area contributed by atoms with Crippen LogP contribution in [-0.4, -0.2) is 35.8 Å². The molecule has 1 rings (SSSR count). The van der Waals surface area contributed by atoms with Crippen molar-refractivity contribution in [3.05, 3.63) is 17.0 Å². The van der Waals surface area contributed by atoms with Gasteiger partial charge in [-0.1, -0.05) is 5.16 Å². The molecule has 19 heavy (non-hydrogen) atoms. The van der Waals surface area contributed by atoms with Crippen LogP contribution in [0.25, 0.3) is 0 Å². The highest BCUT2D eigenvalue weighted by atomic mass is 32.2. The highest BCUT2D eigenvalue weighted by molar-refractivity contribution is 7.99. The first-order valence-electron chi connectivity index (χ1n) is 5.70. The second-order valence-electron chi connectivity index (χ2n) is 4.13. The lowest BCUT2D eigenvalue weighted by Gasteiger charge is -2.14. The Hall–Kier alpha value is -1.15. The average molecular weight is 293 g/mol. The normalized spacial score (nSPS) is 11.6. The van der Waals surface area contributed by atoms with Gasteiger partial charge in [0.25, 0.3) is 5.92 Å². The summed E-state index contributed by atoms with van der Waals surface area (Å²) in [6.45, 7) is 2.10. The fourth-order valence-electron chi connectivity index (χ4n) is 1.30. The molecule has 3 N–H and O–H groups in total. The molecule has 0 spiro atoms. The van der Waals surface area contributed by atoms with E-state index in [9.17, 15) is 13.6 Å². The summed E-state index contributed by atoms with van der Waals surface area (Å²) in [6.07, 6.45) is 0. The zero-order valence-corrected chi connectivity index (χ0v) is 11.7. The fraction of sp³-hybridized carbons (Fsp3) is 0.636. The van der Waals surface area contributed by atoms with Gasteiger partial charge in [0.15, 0.2) is 0 Å². The van der Waals surface area contributed by atoms with Crippen molar-refractivity contribution in [2.45, 2.75) is 25.5 Å². The Morgan fingerprint density at radius 3 is 2.74 bits per heavy atom. The SMILES string of the molecule is Cc1noc(C)c1CSCC(=O)NCC(F)(F)CN. The van der Waals surface area contributed by atoms with Crippen LogP contribution in [0.1, 0.15) is 17.0 Å². The zero-order chi connectivity index (χ0) is 14.5. The summed E-state index contributed by atoms with van der Waals surface area (Å²) >= 11 is 1.32. The number of amides is 1. The number of halogens is 2. The van der Waals surface area contributed by atoms with E-state index >= 15 is 0 Å². The van der Waals surface area contributed by atoms with Crippen molar-refractivity contribution < 1.29 is 18.1 Å². The number of nitrogens with one attached hydrogen (secondary N) is 1. The number of hydrogen-bond acceptors (Lipinski definition) is 5. The lowest BCUT2D eigenvalue weighted by molar-refractivity contribution is -0.120. The number of nitrogens with zero attached hydrogens (tertiary/aromatic N) is 1. The maximum absolute atomic E-state index is 12.8. The molecule has 0 fully saturated rings. The maximum atomic E-state index is 12.8. The maximum Gasteiger partial charge on any atom is 0.277 e. The largest absolute Gasteiger partial charge is 0.361 e. The van der Waals surface area contributed by atoms with E-state index in [0.29, 0.717) is 11.5 Å². The minimum Gasteiger partial charge on any atom is -0.361 e. The van der Waals surface area contributed by atoms with Crippen LogP contribution < -0.4 is 11.1 Å². The van der Waals surface area contributed by atoms with E-state index in [2.05, 4.69) is 10.5 Å². The third kappa shape index (κ3) is 5.15. The molecule has 0 unspecified atom stereocenters. The van der Waals surface area contributed by atoms with E-state index in [-0.39, 0.29) is 5.75 Å². The summed E-state index contributed by atoms with van der Waals surface area (Å²) in [4.78, 5) is 11.4. The predicted molar refractivity (Wildman–Crippen MR) is 69.2 cm³/mol. The lowest BCUT2D eigenvalue weighted by atomic mass is 10.2. The van der Waals surface area contributed by atoms with E-state index in [0.717, 1.165) is 11.3 Å². The van der Waals surface area contributed by atoms with Crippen molar-refractivity contribution in [1.82, 2.24) is 10.5 Å². The summed E-state index contributed by atoms with van der Waals surface area (Å²) < 4.78 is 30.6. The number of carbonyl (C=O) groups excluding carboxylic acids is 1. The van der Waals surface area contributed by atoms with Crippen LogP contribution in [0.3, 0.4) is 0 Å². The average Bonchev–Trinajstić information content (AvgIpc) is 2.68. The van der Waals surface area contributed by atoms with Crippen LogP contribution in [-0.2, 0) is 10.5 Å². The molecule has 0 aliphatic heterocycles. The van der Waals surface area contributed by atoms with Gasteiger partial charge in [-0.2, -0.15) is 0 Å². The molecule has 0 aliphatic carbocycles. The zero-order valence-electron chi connectivity index (χ0n) is 10.8. The third-order valence-electron chi connectivity index (χ3n) is 2.50. The van der Waals surface area contributed by atoms with Crippen LogP contribution in [0.2, 0.25) is 0 Å². The van der Waals surface area contributed by atoms with Crippen LogP contribution in [0, 0.1) is 13.8 Å². The number of rotatable bonds is 7. The van der Waals surface area contributed by atoms with Gasteiger partial charge in [-0.25, -0.2) is 8.78 Å². The third-order valence-corrected chi connectivity index (χ3v) is 3.46. The molecule has 1 aromatic rings. The van der Waals surface area contributed by atoms with Gasteiger partial charge in [0, 0.05) is 11.3 Å². The molecule has 0 bridgehead atoms. The van der Waals surface area contributed by atoms with Crippen molar-refractivity contribution in [2.75, 3.05) is 18.8 Å². The van der Waals surface area contributed by atoms with Crippen LogP contribution in [0.4, 0.5) is 8.78 Å². The molecule has 0 saturated carbocycles. The fourth-order valence-corrected chi connectivity index (χ4v) is 2.31. The first-order chi connectivity index (χ1) is 8.85. The number of aromatic nitrogens is 1. The number of thioether (sulfide) groups is 1. The molecule has 0 aromatic carbocycles. The second kappa shape index (κ2) is 6.85.